The zero-order valence-electron chi connectivity index (χ0n) is 37.0. The predicted molar refractivity (Wildman–Crippen MR) is 217 cm³/mol. The average molecular weight is 869 g/mol. The second-order valence-corrected chi connectivity index (χ2v) is 21.9. The van der Waals surface area contributed by atoms with Crippen LogP contribution in [0.2, 0.25) is 0 Å². The van der Waals surface area contributed by atoms with Crippen LogP contribution in [0.5, 0.6) is 0 Å². The van der Waals surface area contributed by atoms with E-state index in [1.54, 1.807) is 53.7 Å². The molecular weight excluding hydrogens is 807 g/mol. The van der Waals surface area contributed by atoms with Crippen LogP contribution in [-0.4, -0.2) is 115 Å². The number of fused-ring (bicyclic) bond motifs is 14. The summed E-state index contributed by atoms with van der Waals surface area (Å²) >= 11 is 0. The van der Waals surface area contributed by atoms with Gasteiger partial charge in [-0.05, 0) is 129 Å². The molecule has 340 valence electrons. The monoisotopic (exact) mass is 868 g/mol. The first-order valence-corrected chi connectivity index (χ1v) is 22.4. The molecule has 0 radical (unpaired) electrons. The molecule has 0 amide bonds. The Balaban J connectivity index is 0.000000158. The number of Topliss-reactive ketones (excluding diaryl/α,β-unsaturated/α-hetero) is 2. The van der Waals surface area contributed by atoms with Crippen molar-refractivity contribution in [1.29, 1.82) is 0 Å². The van der Waals surface area contributed by atoms with E-state index in [4.69, 9.17) is 18.9 Å². The topological polar surface area (TPSA) is 186 Å². The molecule has 12 nitrogen and oxygen atoms in total. The maximum absolute atomic E-state index is 17.1. The van der Waals surface area contributed by atoms with Crippen molar-refractivity contribution in [3.8, 4) is 0 Å². The van der Waals surface area contributed by atoms with Crippen molar-refractivity contribution in [2.75, 3.05) is 13.2 Å². The summed E-state index contributed by atoms with van der Waals surface area (Å²) in [6, 6.07) is 0. The highest BCUT2D eigenvalue weighted by Crippen LogP contribution is 2.74. The zero-order chi connectivity index (χ0) is 45.2. The molecule has 62 heavy (non-hydrogen) atoms. The number of hydrogen-bond donors (Lipinski definition) is 4. The third kappa shape index (κ3) is 5.15. The smallest absolute Gasteiger partial charge is 0.193 e. The van der Waals surface area contributed by atoms with Gasteiger partial charge in [0.15, 0.2) is 57.2 Å². The standard InChI is InChI=1S/2C24H31FO6/c2*1-20(2)30-19-10-16-15-6-5-13-9-14(27)7-8-21(13,3)23(15,25)17(28)11-22(16,4)24(19,31-20)18(29)12-26/h2*7-9,15-17,19,26,28H,5-6,10-12H2,1-4H3/t2*15-,16-,17-,19+,21-,22-,23-,24+/m00/s1. The number of carbonyl (C=O) groups excluding carboxylic acids is 4. The summed E-state index contributed by atoms with van der Waals surface area (Å²) in [7, 11) is 0. The Hall–Kier alpha value is -2.82. The van der Waals surface area contributed by atoms with Crippen molar-refractivity contribution in [3.05, 3.63) is 47.6 Å². The minimum absolute atomic E-state index is 0.0109. The zero-order valence-corrected chi connectivity index (χ0v) is 37.0. The Morgan fingerprint density at radius 1 is 0.629 bits per heavy atom. The van der Waals surface area contributed by atoms with Crippen LogP contribution in [0.25, 0.3) is 0 Å². The van der Waals surface area contributed by atoms with E-state index in [-0.39, 0.29) is 36.2 Å². The number of halogens is 2. The molecule has 2 saturated heterocycles. The molecule has 0 aromatic carbocycles. The predicted octanol–water partition coefficient (Wildman–Crippen LogP) is 4.84. The fourth-order valence-corrected chi connectivity index (χ4v) is 15.9. The number of ketones is 4. The van der Waals surface area contributed by atoms with Gasteiger partial charge in [0.1, 0.15) is 13.2 Å². The minimum atomic E-state index is -1.98. The van der Waals surface area contributed by atoms with Crippen LogP contribution in [0.15, 0.2) is 47.6 Å². The van der Waals surface area contributed by atoms with E-state index in [9.17, 15) is 39.6 Å². The van der Waals surface area contributed by atoms with E-state index < -0.39 is 117 Å². The fourth-order valence-electron chi connectivity index (χ4n) is 15.9. The fraction of sp³-hybridized carbons (Fsp3) is 0.750. The highest BCUT2D eigenvalue weighted by Gasteiger charge is 2.82. The molecule has 8 aliphatic carbocycles. The molecule has 0 bridgehead atoms. The molecule has 16 atom stereocenters. The number of rotatable bonds is 4. The van der Waals surface area contributed by atoms with Crippen LogP contribution in [0.1, 0.15) is 107 Å². The van der Waals surface area contributed by atoms with E-state index in [0.29, 0.717) is 38.5 Å². The Labute approximate surface area is 361 Å². The van der Waals surface area contributed by atoms with Gasteiger partial charge in [-0.1, -0.05) is 37.1 Å². The number of allylic oxidation sites excluding steroid dienone is 8. The lowest BCUT2D eigenvalue weighted by Gasteiger charge is -2.62. The molecule has 10 aliphatic rings. The van der Waals surface area contributed by atoms with Gasteiger partial charge in [-0.15, -0.1) is 0 Å². The molecule has 4 N–H and O–H groups in total. The Kier molecular flexibility index (Phi) is 9.59. The molecule has 0 unspecified atom stereocenters. The van der Waals surface area contributed by atoms with Crippen LogP contribution in [-0.2, 0) is 38.1 Å². The summed E-state index contributed by atoms with van der Waals surface area (Å²) in [5, 5.41) is 42.4. The summed E-state index contributed by atoms with van der Waals surface area (Å²) < 4.78 is 59.0. The molecule has 2 aliphatic heterocycles. The average Bonchev–Trinajstić information content (AvgIpc) is 3.81. The Morgan fingerprint density at radius 3 is 1.32 bits per heavy atom. The van der Waals surface area contributed by atoms with Gasteiger partial charge < -0.3 is 39.4 Å². The van der Waals surface area contributed by atoms with Gasteiger partial charge in [0.25, 0.3) is 0 Å². The first-order valence-electron chi connectivity index (χ1n) is 22.4. The number of carbonyl (C=O) groups is 4. The molecule has 6 saturated carbocycles. The van der Waals surface area contributed by atoms with E-state index in [1.165, 1.54) is 24.3 Å². The number of alkyl halides is 2. The third-order valence-electron chi connectivity index (χ3n) is 18.4. The van der Waals surface area contributed by atoms with Crippen molar-refractivity contribution in [3.63, 3.8) is 0 Å². The molecule has 0 spiro atoms. The summed E-state index contributed by atoms with van der Waals surface area (Å²) in [5.41, 5.74) is -9.32. The normalized spacial score (nSPS) is 52.1. The summed E-state index contributed by atoms with van der Waals surface area (Å²) in [5.74, 6) is -4.91. The van der Waals surface area contributed by atoms with Crippen molar-refractivity contribution in [2.24, 2.45) is 45.3 Å². The lowest BCUT2D eigenvalue weighted by atomic mass is 9.44. The maximum Gasteiger partial charge on any atom is 0.193 e. The van der Waals surface area contributed by atoms with Crippen LogP contribution < -0.4 is 0 Å². The summed E-state index contributed by atoms with van der Waals surface area (Å²) in [6.45, 7) is 12.8. The van der Waals surface area contributed by atoms with E-state index in [0.717, 1.165) is 11.1 Å². The lowest BCUT2D eigenvalue weighted by molar-refractivity contribution is -0.246. The highest BCUT2D eigenvalue weighted by molar-refractivity contribution is 6.02. The van der Waals surface area contributed by atoms with E-state index in [1.807, 2.05) is 13.8 Å². The SMILES string of the molecule is CC1(C)O[C@@H]2C[C@H]3[C@@H]4CCC5=CC(=O)C=C[C@]5(C)[C@@]4(F)[C@@H](O)C[C@]3(C)[C@]2(C(=O)CO)O1.CC1(C)O[C@@H]2C[C@H]3[C@@H]4CCC5=CC(=O)C=C[C@]5(C)[C@@]4(F)[C@@H](O)C[C@]3(C)[C@]2(C(=O)CO)O1. The first-order chi connectivity index (χ1) is 28.7. The first kappa shape index (κ1) is 44.4. The van der Waals surface area contributed by atoms with E-state index >= 15 is 8.78 Å². The third-order valence-corrected chi connectivity index (χ3v) is 18.4. The summed E-state index contributed by atoms with van der Waals surface area (Å²) in [6.07, 6.45) is 8.00. The molecular formula is C48H62F2O12. The van der Waals surface area contributed by atoms with Crippen LogP contribution in [0.4, 0.5) is 8.78 Å². The number of aliphatic hydroxyl groups excluding tert-OH is 4. The van der Waals surface area contributed by atoms with Gasteiger partial charge in [-0.2, -0.15) is 0 Å². The number of hydrogen-bond acceptors (Lipinski definition) is 12. The number of aliphatic hydroxyl groups is 4. The summed E-state index contributed by atoms with van der Waals surface area (Å²) in [4.78, 5) is 50.2. The Bertz CT molecular complexity index is 2000. The quantitative estimate of drug-likeness (QED) is 0.302. The largest absolute Gasteiger partial charge is 0.390 e. The van der Waals surface area contributed by atoms with Gasteiger partial charge in [0.05, 0.1) is 24.4 Å². The molecule has 0 aromatic heterocycles. The van der Waals surface area contributed by atoms with Crippen LogP contribution in [0.3, 0.4) is 0 Å². The van der Waals surface area contributed by atoms with E-state index in [2.05, 4.69) is 0 Å². The maximum atomic E-state index is 17.1. The molecule has 8 fully saturated rings. The van der Waals surface area contributed by atoms with Crippen molar-refractivity contribution in [2.45, 2.75) is 165 Å². The molecule has 14 heteroatoms. The van der Waals surface area contributed by atoms with Crippen LogP contribution >= 0.6 is 0 Å². The number of ether oxygens (including phenoxy) is 4. The molecule has 10 rings (SSSR count). The highest BCUT2D eigenvalue weighted by atomic mass is 19.1. The molecule has 0 aromatic rings. The lowest BCUT2D eigenvalue weighted by Crippen LogP contribution is -2.70. The van der Waals surface area contributed by atoms with Crippen LogP contribution in [0, 0.1) is 45.3 Å². The van der Waals surface area contributed by atoms with Crippen molar-refractivity contribution in [1.82, 2.24) is 0 Å². The second kappa shape index (κ2) is 13.4. The van der Waals surface area contributed by atoms with Crippen molar-refractivity contribution >= 4 is 23.1 Å². The minimum Gasteiger partial charge on any atom is -0.390 e. The van der Waals surface area contributed by atoms with Gasteiger partial charge in [0, 0.05) is 33.5 Å². The van der Waals surface area contributed by atoms with Gasteiger partial charge in [0.2, 0.25) is 0 Å². The van der Waals surface area contributed by atoms with Crippen molar-refractivity contribution < 1.29 is 67.3 Å². The van der Waals surface area contributed by atoms with Gasteiger partial charge >= 0.3 is 0 Å². The van der Waals surface area contributed by atoms with Gasteiger partial charge in [-0.25, -0.2) is 8.78 Å². The Morgan fingerprint density at radius 2 is 0.984 bits per heavy atom. The second-order valence-electron chi connectivity index (χ2n) is 21.9. The molecule has 2 heterocycles. The van der Waals surface area contributed by atoms with Gasteiger partial charge in [-0.3, -0.25) is 19.2 Å².